The van der Waals surface area contributed by atoms with Crippen LogP contribution in [0.2, 0.25) is 0 Å². The molecule has 1 aliphatic heterocycles. The molecule has 0 saturated carbocycles. The maximum atomic E-state index is 4.94. The molecule has 3 heterocycles. The van der Waals surface area contributed by atoms with Crippen molar-refractivity contribution >= 4 is 44.6 Å². The van der Waals surface area contributed by atoms with Gasteiger partial charge in [-0.15, -0.1) is 0 Å². The molecule has 0 atom stereocenters. The number of hydrogen-bond acceptors (Lipinski definition) is 3. The summed E-state index contributed by atoms with van der Waals surface area (Å²) in [6.07, 6.45) is 1.94. The van der Waals surface area contributed by atoms with E-state index in [9.17, 15) is 0 Å². The molecule has 6 aromatic carbocycles. The van der Waals surface area contributed by atoms with Gasteiger partial charge in [0.1, 0.15) is 12.5 Å². The van der Waals surface area contributed by atoms with Gasteiger partial charge in [0, 0.05) is 33.8 Å². The van der Waals surface area contributed by atoms with Crippen LogP contribution >= 0.6 is 0 Å². The maximum absolute atomic E-state index is 4.94. The first-order chi connectivity index (χ1) is 24.5. The second kappa shape index (κ2) is 11.8. The van der Waals surface area contributed by atoms with Crippen LogP contribution in [0.1, 0.15) is 30.5 Å². The van der Waals surface area contributed by atoms with Crippen molar-refractivity contribution in [2.24, 2.45) is 0 Å². The van der Waals surface area contributed by atoms with Gasteiger partial charge in [0.05, 0.1) is 22.4 Å². The Morgan fingerprint density at radius 1 is 0.540 bits per heavy atom. The zero-order chi connectivity index (χ0) is 33.8. The van der Waals surface area contributed by atoms with E-state index in [1.807, 2.05) is 6.20 Å². The van der Waals surface area contributed by atoms with Crippen LogP contribution < -0.4 is 9.80 Å². The van der Waals surface area contributed by atoms with Crippen molar-refractivity contribution in [3.8, 4) is 16.9 Å². The van der Waals surface area contributed by atoms with Crippen molar-refractivity contribution in [2.45, 2.75) is 26.2 Å². The van der Waals surface area contributed by atoms with E-state index in [1.54, 1.807) is 0 Å². The predicted molar refractivity (Wildman–Crippen MR) is 209 cm³/mol. The number of aromatic nitrogens is 2. The van der Waals surface area contributed by atoms with Gasteiger partial charge >= 0.3 is 0 Å². The van der Waals surface area contributed by atoms with E-state index < -0.39 is 0 Å². The minimum Gasteiger partial charge on any atom is -0.321 e. The number of benzene rings is 6. The molecule has 1 aliphatic rings. The third-order valence-corrected chi connectivity index (χ3v) is 10.5. The van der Waals surface area contributed by atoms with Crippen LogP contribution in [0.3, 0.4) is 0 Å². The number of hydrogen-bond donors (Lipinski definition) is 0. The molecule has 0 radical (unpaired) electrons. The minimum absolute atomic E-state index is 0.264. The second-order valence-corrected chi connectivity index (χ2v) is 13.8. The molecule has 8 aromatic rings. The van der Waals surface area contributed by atoms with E-state index in [0.717, 1.165) is 23.5 Å². The number of pyridine rings is 1. The average molecular weight is 647 g/mol. The number of rotatable bonds is 6. The number of para-hydroxylation sites is 4. The minimum atomic E-state index is -0.264. The van der Waals surface area contributed by atoms with Gasteiger partial charge in [-0.25, -0.2) is 4.98 Å². The Morgan fingerprint density at radius 3 is 2.02 bits per heavy atom. The lowest BCUT2D eigenvalue weighted by Gasteiger charge is -2.29. The zero-order valence-corrected chi connectivity index (χ0v) is 28.6. The van der Waals surface area contributed by atoms with Crippen LogP contribution in [0.25, 0.3) is 38.8 Å². The summed E-state index contributed by atoms with van der Waals surface area (Å²) in [5, 5.41) is 2.46. The molecule has 4 nitrogen and oxygen atoms in total. The van der Waals surface area contributed by atoms with Gasteiger partial charge in [-0.3, -0.25) is 4.57 Å². The normalized spacial score (nSPS) is 12.9. The topological polar surface area (TPSA) is 24.3 Å². The molecule has 0 amide bonds. The van der Waals surface area contributed by atoms with E-state index in [0.29, 0.717) is 0 Å². The van der Waals surface area contributed by atoms with Crippen molar-refractivity contribution < 1.29 is 0 Å². The van der Waals surface area contributed by atoms with Crippen LogP contribution in [-0.4, -0.2) is 16.2 Å². The lowest BCUT2D eigenvalue weighted by atomic mass is 9.77. The highest BCUT2D eigenvalue weighted by Crippen LogP contribution is 2.45. The Balaban J connectivity index is 1.14. The van der Waals surface area contributed by atoms with Crippen LogP contribution in [0, 0.1) is 6.92 Å². The fraction of sp³-hybridized carbons (Fsp3) is 0.109. The first kappa shape index (κ1) is 30.0. The van der Waals surface area contributed by atoms with Crippen LogP contribution in [0.4, 0.5) is 22.7 Å². The molecule has 0 aliphatic carbocycles. The Kier molecular flexibility index (Phi) is 7.06. The lowest BCUT2D eigenvalue weighted by Crippen LogP contribution is -2.25. The van der Waals surface area contributed by atoms with E-state index >= 15 is 0 Å². The second-order valence-electron chi connectivity index (χ2n) is 13.8. The summed E-state index contributed by atoms with van der Waals surface area (Å²) in [6, 6.07) is 57.0. The standard InChI is InChI=1S/C46H38N4/c1-32-14-7-8-19-38(32)33-26-27-47-45(28-33)50-41-21-10-9-20-39(41)40-25-24-35(30-44(40)50)46(2,3)34-15-13-18-37(29-34)49-31-48(36-16-5-4-6-17-36)42-22-11-12-23-43(42)49/h4-30H,31H2,1-3H3. The van der Waals surface area contributed by atoms with Crippen molar-refractivity contribution in [1.29, 1.82) is 0 Å². The van der Waals surface area contributed by atoms with Gasteiger partial charge in [0.15, 0.2) is 0 Å². The van der Waals surface area contributed by atoms with Crippen molar-refractivity contribution in [2.75, 3.05) is 16.5 Å². The molecular weight excluding hydrogens is 609 g/mol. The molecule has 0 bridgehead atoms. The molecule has 0 spiro atoms. The van der Waals surface area contributed by atoms with Gasteiger partial charge in [0.2, 0.25) is 0 Å². The first-order valence-corrected chi connectivity index (χ1v) is 17.3. The van der Waals surface area contributed by atoms with Crippen molar-refractivity contribution in [1.82, 2.24) is 9.55 Å². The monoisotopic (exact) mass is 646 g/mol. The van der Waals surface area contributed by atoms with Gasteiger partial charge in [0.25, 0.3) is 0 Å². The molecule has 0 N–H and O–H groups in total. The molecule has 0 saturated heterocycles. The number of aryl methyl sites for hydroxylation is 1. The Bertz CT molecular complexity index is 2530. The van der Waals surface area contributed by atoms with Crippen LogP contribution in [-0.2, 0) is 5.41 Å². The summed E-state index contributed by atoms with van der Waals surface area (Å²) < 4.78 is 2.34. The largest absolute Gasteiger partial charge is 0.321 e. The SMILES string of the molecule is Cc1ccccc1-c1ccnc(-n2c3ccccc3c3ccc(C(C)(C)c4cccc(N5CN(c6ccccc6)c6ccccc65)c4)cc32)c1. The highest BCUT2D eigenvalue weighted by Gasteiger charge is 2.30. The summed E-state index contributed by atoms with van der Waals surface area (Å²) >= 11 is 0. The average Bonchev–Trinajstić information content (AvgIpc) is 3.72. The third-order valence-electron chi connectivity index (χ3n) is 10.5. The van der Waals surface area contributed by atoms with Crippen molar-refractivity contribution in [3.63, 3.8) is 0 Å². The number of anilines is 4. The Labute approximate surface area is 293 Å². The van der Waals surface area contributed by atoms with Gasteiger partial charge in [-0.05, 0) is 95.4 Å². The molecule has 0 unspecified atom stereocenters. The third kappa shape index (κ3) is 4.87. The molecule has 0 fully saturated rings. The maximum Gasteiger partial charge on any atom is 0.138 e. The summed E-state index contributed by atoms with van der Waals surface area (Å²) in [5.41, 5.74) is 13.1. The van der Waals surface area contributed by atoms with Crippen LogP contribution in [0.15, 0.2) is 164 Å². The summed E-state index contributed by atoms with van der Waals surface area (Å²) in [7, 11) is 0. The van der Waals surface area contributed by atoms with Crippen LogP contribution in [0.5, 0.6) is 0 Å². The molecule has 50 heavy (non-hydrogen) atoms. The van der Waals surface area contributed by atoms with E-state index in [-0.39, 0.29) is 5.41 Å². The van der Waals surface area contributed by atoms with Gasteiger partial charge in [-0.2, -0.15) is 0 Å². The van der Waals surface area contributed by atoms with E-state index in [2.05, 4.69) is 193 Å². The summed E-state index contributed by atoms with van der Waals surface area (Å²) in [6.45, 7) is 7.60. The molecular formula is C46H38N4. The fourth-order valence-electron chi connectivity index (χ4n) is 7.70. The molecule has 242 valence electrons. The summed E-state index contributed by atoms with van der Waals surface area (Å²) in [4.78, 5) is 9.76. The molecule has 2 aromatic heterocycles. The number of fused-ring (bicyclic) bond motifs is 4. The van der Waals surface area contributed by atoms with E-state index in [1.165, 1.54) is 61.3 Å². The van der Waals surface area contributed by atoms with Gasteiger partial charge < -0.3 is 9.80 Å². The molecule has 9 rings (SSSR count). The van der Waals surface area contributed by atoms with E-state index in [4.69, 9.17) is 4.98 Å². The highest BCUT2D eigenvalue weighted by molar-refractivity contribution is 6.09. The first-order valence-electron chi connectivity index (χ1n) is 17.3. The number of nitrogens with zero attached hydrogens (tertiary/aromatic N) is 4. The quantitative estimate of drug-likeness (QED) is 0.180. The van der Waals surface area contributed by atoms with Gasteiger partial charge in [-0.1, -0.05) is 111 Å². The smallest absolute Gasteiger partial charge is 0.138 e. The predicted octanol–water partition coefficient (Wildman–Crippen LogP) is 11.7. The summed E-state index contributed by atoms with van der Waals surface area (Å²) in [5.74, 6) is 0.921. The zero-order valence-electron chi connectivity index (χ0n) is 28.6. The fourth-order valence-corrected chi connectivity index (χ4v) is 7.70. The Morgan fingerprint density at radius 2 is 1.20 bits per heavy atom. The molecule has 4 heteroatoms. The lowest BCUT2D eigenvalue weighted by molar-refractivity contribution is 0.641. The highest BCUT2D eigenvalue weighted by atomic mass is 15.4. The Hall–Kier alpha value is -6.13. The van der Waals surface area contributed by atoms with Crippen molar-refractivity contribution in [3.05, 3.63) is 181 Å².